The SMILES string of the molecule is CC(=O)N(CC(=O)Nc1ccccc1OC(C)C)c1ccc2c(c1)OCCO2. The molecule has 0 saturated heterocycles. The second kappa shape index (κ2) is 8.65. The van der Waals surface area contributed by atoms with Gasteiger partial charge in [0.1, 0.15) is 25.5 Å². The van der Waals surface area contributed by atoms with E-state index < -0.39 is 0 Å². The molecule has 1 N–H and O–H groups in total. The van der Waals surface area contributed by atoms with Crippen LogP contribution in [-0.2, 0) is 9.59 Å². The van der Waals surface area contributed by atoms with Crippen LogP contribution >= 0.6 is 0 Å². The third kappa shape index (κ3) is 4.73. The minimum absolute atomic E-state index is 0.0236. The Labute approximate surface area is 164 Å². The van der Waals surface area contributed by atoms with Gasteiger partial charge in [-0.05, 0) is 38.1 Å². The summed E-state index contributed by atoms with van der Waals surface area (Å²) in [5.41, 5.74) is 1.13. The molecule has 1 aliphatic heterocycles. The number of para-hydroxylation sites is 2. The molecule has 1 heterocycles. The number of anilines is 2. The summed E-state index contributed by atoms with van der Waals surface area (Å²) in [5.74, 6) is 1.19. The molecule has 7 nitrogen and oxygen atoms in total. The Morgan fingerprint density at radius 2 is 1.82 bits per heavy atom. The van der Waals surface area contributed by atoms with Crippen molar-refractivity contribution in [1.29, 1.82) is 0 Å². The van der Waals surface area contributed by atoms with Gasteiger partial charge in [0.25, 0.3) is 0 Å². The Morgan fingerprint density at radius 1 is 1.11 bits per heavy atom. The van der Waals surface area contributed by atoms with E-state index in [0.717, 1.165) is 0 Å². The molecule has 0 spiro atoms. The van der Waals surface area contributed by atoms with Crippen molar-refractivity contribution in [3.8, 4) is 17.2 Å². The second-order valence-electron chi connectivity index (χ2n) is 6.64. The van der Waals surface area contributed by atoms with Crippen LogP contribution in [0, 0.1) is 0 Å². The van der Waals surface area contributed by atoms with Crippen LogP contribution < -0.4 is 24.4 Å². The standard InChI is InChI=1S/C21H24N2O5/c1-14(2)28-18-7-5-4-6-17(18)22-21(25)13-23(15(3)24)16-8-9-19-20(12-16)27-11-10-26-19/h4-9,12,14H,10-11,13H2,1-3H3,(H,22,25). The molecule has 3 rings (SSSR count). The van der Waals surface area contributed by atoms with Gasteiger partial charge in [0.05, 0.1) is 11.8 Å². The molecule has 0 saturated carbocycles. The van der Waals surface area contributed by atoms with Crippen molar-refractivity contribution in [1.82, 2.24) is 0 Å². The summed E-state index contributed by atoms with van der Waals surface area (Å²) < 4.78 is 16.8. The molecule has 2 amide bonds. The smallest absolute Gasteiger partial charge is 0.244 e. The number of fused-ring (bicyclic) bond motifs is 1. The lowest BCUT2D eigenvalue weighted by molar-refractivity contribution is -0.120. The first-order valence-electron chi connectivity index (χ1n) is 9.17. The number of nitrogens with zero attached hydrogens (tertiary/aromatic N) is 1. The number of nitrogens with one attached hydrogen (secondary N) is 1. The van der Waals surface area contributed by atoms with Crippen LogP contribution in [0.4, 0.5) is 11.4 Å². The highest BCUT2D eigenvalue weighted by molar-refractivity contribution is 6.02. The molecule has 0 aromatic heterocycles. The Bertz CT molecular complexity index is 866. The van der Waals surface area contributed by atoms with Crippen LogP contribution in [0.5, 0.6) is 17.2 Å². The van der Waals surface area contributed by atoms with Crippen molar-refractivity contribution < 1.29 is 23.8 Å². The van der Waals surface area contributed by atoms with Crippen LogP contribution in [0.3, 0.4) is 0 Å². The molecule has 1 aliphatic rings. The molecule has 0 aliphatic carbocycles. The van der Waals surface area contributed by atoms with Crippen LogP contribution in [0.2, 0.25) is 0 Å². The number of ether oxygens (including phenoxy) is 3. The highest BCUT2D eigenvalue weighted by Crippen LogP contribution is 2.34. The van der Waals surface area contributed by atoms with Gasteiger partial charge >= 0.3 is 0 Å². The zero-order valence-corrected chi connectivity index (χ0v) is 16.2. The first-order chi connectivity index (χ1) is 13.4. The van der Waals surface area contributed by atoms with Gasteiger partial charge in [0.15, 0.2) is 11.5 Å². The van der Waals surface area contributed by atoms with Crippen molar-refractivity contribution in [2.24, 2.45) is 0 Å². The van der Waals surface area contributed by atoms with Gasteiger partial charge in [-0.15, -0.1) is 0 Å². The Morgan fingerprint density at radius 3 is 2.54 bits per heavy atom. The minimum Gasteiger partial charge on any atom is -0.489 e. The van der Waals surface area contributed by atoms with Gasteiger partial charge in [-0.25, -0.2) is 0 Å². The Balaban J connectivity index is 1.75. The number of rotatable bonds is 6. The number of benzene rings is 2. The number of carbonyl (C=O) groups is 2. The van der Waals surface area contributed by atoms with Crippen molar-refractivity contribution in [2.75, 3.05) is 30.0 Å². The average Bonchev–Trinajstić information content (AvgIpc) is 2.66. The molecule has 0 atom stereocenters. The molecule has 148 valence electrons. The van der Waals surface area contributed by atoms with Crippen molar-refractivity contribution in [2.45, 2.75) is 26.9 Å². The van der Waals surface area contributed by atoms with E-state index >= 15 is 0 Å². The predicted molar refractivity (Wildman–Crippen MR) is 106 cm³/mol. The summed E-state index contributed by atoms with van der Waals surface area (Å²) in [4.78, 5) is 26.2. The van der Waals surface area contributed by atoms with E-state index in [-0.39, 0.29) is 24.5 Å². The monoisotopic (exact) mass is 384 g/mol. The van der Waals surface area contributed by atoms with E-state index in [1.54, 1.807) is 30.3 Å². The predicted octanol–water partition coefficient (Wildman–Crippen LogP) is 3.24. The fourth-order valence-corrected chi connectivity index (χ4v) is 2.84. The highest BCUT2D eigenvalue weighted by atomic mass is 16.6. The summed E-state index contributed by atoms with van der Waals surface area (Å²) >= 11 is 0. The van der Waals surface area contributed by atoms with E-state index in [1.165, 1.54) is 11.8 Å². The lowest BCUT2D eigenvalue weighted by Crippen LogP contribution is -2.36. The highest BCUT2D eigenvalue weighted by Gasteiger charge is 2.20. The molecule has 0 unspecified atom stereocenters. The quantitative estimate of drug-likeness (QED) is 0.827. The van der Waals surface area contributed by atoms with Crippen LogP contribution in [0.25, 0.3) is 0 Å². The minimum atomic E-state index is -0.329. The maximum absolute atomic E-state index is 12.6. The normalized spacial score (nSPS) is 12.4. The van der Waals surface area contributed by atoms with Crippen molar-refractivity contribution >= 4 is 23.2 Å². The van der Waals surface area contributed by atoms with Gasteiger partial charge in [-0.2, -0.15) is 0 Å². The van der Waals surface area contributed by atoms with Gasteiger partial charge in [-0.3, -0.25) is 9.59 Å². The lowest BCUT2D eigenvalue weighted by atomic mass is 10.2. The van der Waals surface area contributed by atoms with Gasteiger partial charge in [0.2, 0.25) is 11.8 Å². The fourth-order valence-electron chi connectivity index (χ4n) is 2.84. The van der Waals surface area contributed by atoms with E-state index in [0.29, 0.717) is 41.8 Å². The molecular formula is C21H24N2O5. The second-order valence-corrected chi connectivity index (χ2v) is 6.64. The Hall–Kier alpha value is -3.22. The zero-order valence-electron chi connectivity index (χ0n) is 16.2. The van der Waals surface area contributed by atoms with Gasteiger partial charge < -0.3 is 24.4 Å². The maximum Gasteiger partial charge on any atom is 0.244 e. The number of carbonyl (C=O) groups excluding carboxylic acids is 2. The van der Waals surface area contributed by atoms with Crippen molar-refractivity contribution in [3.05, 3.63) is 42.5 Å². The topological polar surface area (TPSA) is 77.1 Å². The number of hydrogen-bond donors (Lipinski definition) is 1. The average molecular weight is 384 g/mol. The first kappa shape index (κ1) is 19.5. The third-order valence-corrected chi connectivity index (χ3v) is 4.04. The fraction of sp³-hybridized carbons (Fsp3) is 0.333. The largest absolute Gasteiger partial charge is 0.489 e. The zero-order chi connectivity index (χ0) is 20.1. The summed E-state index contributed by atoms with van der Waals surface area (Å²) in [6.45, 7) is 6.05. The summed E-state index contributed by atoms with van der Waals surface area (Å²) in [6, 6.07) is 12.4. The van der Waals surface area contributed by atoms with Gasteiger partial charge in [0, 0.05) is 18.7 Å². The van der Waals surface area contributed by atoms with Crippen LogP contribution in [0.15, 0.2) is 42.5 Å². The summed E-state index contributed by atoms with van der Waals surface area (Å²) in [7, 11) is 0. The van der Waals surface area contributed by atoms with Crippen molar-refractivity contribution in [3.63, 3.8) is 0 Å². The lowest BCUT2D eigenvalue weighted by Gasteiger charge is -2.24. The molecule has 28 heavy (non-hydrogen) atoms. The molecule has 7 heteroatoms. The first-order valence-corrected chi connectivity index (χ1v) is 9.17. The molecule has 0 fully saturated rings. The van der Waals surface area contributed by atoms with Crippen LogP contribution in [-0.4, -0.2) is 37.7 Å². The molecule has 0 radical (unpaired) electrons. The van der Waals surface area contributed by atoms with E-state index in [4.69, 9.17) is 14.2 Å². The summed E-state index contributed by atoms with van der Waals surface area (Å²) in [5, 5.41) is 2.82. The Kier molecular flexibility index (Phi) is 6.03. The van der Waals surface area contributed by atoms with Gasteiger partial charge in [-0.1, -0.05) is 12.1 Å². The summed E-state index contributed by atoms with van der Waals surface area (Å²) in [6.07, 6.45) is -0.0236. The molecule has 2 aromatic rings. The number of hydrogen-bond acceptors (Lipinski definition) is 5. The molecular weight excluding hydrogens is 360 g/mol. The number of amides is 2. The molecule has 2 aromatic carbocycles. The molecule has 0 bridgehead atoms. The van der Waals surface area contributed by atoms with Crippen LogP contribution in [0.1, 0.15) is 20.8 Å². The maximum atomic E-state index is 12.6. The third-order valence-electron chi connectivity index (χ3n) is 4.04. The van der Waals surface area contributed by atoms with E-state index in [1.807, 2.05) is 26.0 Å². The van der Waals surface area contributed by atoms with E-state index in [9.17, 15) is 9.59 Å². The van der Waals surface area contributed by atoms with E-state index in [2.05, 4.69) is 5.32 Å².